The molecule has 1 aliphatic rings. The fraction of sp³-hybridized carbons (Fsp3) is 0.500. The average Bonchev–Trinajstić information content (AvgIpc) is 3.08. The minimum Gasteiger partial charge on any atom is -0.356 e. The summed E-state index contributed by atoms with van der Waals surface area (Å²) in [5, 5.41) is 1.11. The third kappa shape index (κ3) is 2.39. The predicted octanol–water partition coefficient (Wildman–Crippen LogP) is 3.87. The van der Waals surface area contributed by atoms with Gasteiger partial charge in [-0.3, -0.25) is 4.79 Å². The number of aromatic nitrogens is 2. The molecule has 0 atom stereocenters. The van der Waals surface area contributed by atoms with Crippen molar-refractivity contribution in [2.45, 2.75) is 40.5 Å². The summed E-state index contributed by atoms with van der Waals surface area (Å²) in [5.41, 5.74) is 4.75. The fourth-order valence-corrected chi connectivity index (χ4v) is 4.14. The van der Waals surface area contributed by atoms with Gasteiger partial charge in [0.2, 0.25) is 0 Å². The minimum atomic E-state index is 0.111. The predicted molar refractivity (Wildman–Crippen MR) is 87.6 cm³/mol. The Morgan fingerprint density at radius 1 is 1.24 bits per heavy atom. The van der Waals surface area contributed by atoms with Crippen molar-refractivity contribution in [3.63, 3.8) is 0 Å². The van der Waals surface area contributed by atoms with Gasteiger partial charge in [0.05, 0.1) is 5.69 Å². The average molecular weight is 303 g/mol. The van der Waals surface area contributed by atoms with Crippen LogP contribution in [0.4, 0.5) is 5.13 Å². The molecule has 1 saturated heterocycles. The molecule has 0 aliphatic carbocycles. The summed E-state index contributed by atoms with van der Waals surface area (Å²) in [4.78, 5) is 23.5. The van der Waals surface area contributed by atoms with Crippen molar-refractivity contribution in [3.05, 3.63) is 21.7 Å². The number of aromatic amines is 1. The van der Waals surface area contributed by atoms with Crippen molar-refractivity contribution in [1.29, 1.82) is 0 Å². The molecule has 0 saturated carbocycles. The number of thiazole rings is 1. The number of Topliss-reactive ketones (excluding diaryl/α,β-unsaturated/α-hetero) is 1. The number of H-pyrrole nitrogens is 1. The van der Waals surface area contributed by atoms with Crippen LogP contribution >= 0.6 is 11.3 Å². The van der Waals surface area contributed by atoms with Crippen molar-refractivity contribution in [2.24, 2.45) is 0 Å². The Bertz CT molecular complexity index is 693. The lowest BCUT2D eigenvalue weighted by Gasteiger charge is -2.12. The van der Waals surface area contributed by atoms with Crippen molar-refractivity contribution < 1.29 is 4.79 Å². The molecule has 21 heavy (non-hydrogen) atoms. The molecule has 0 bridgehead atoms. The summed E-state index contributed by atoms with van der Waals surface area (Å²) >= 11 is 1.75. The van der Waals surface area contributed by atoms with Gasteiger partial charge < -0.3 is 9.88 Å². The lowest BCUT2D eigenvalue weighted by molar-refractivity contribution is 0.101. The molecule has 5 heteroatoms. The van der Waals surface area contributed by atoms with Gasteiger partial charge in [0.15, 0.2) is 10.9 Å². The largest absolute Gasteiger partial charge is 0.356 e. The van der Waals surface area contributed by atoms with Crippen molar-refractivity contribution >= 4 is 22.3 Å². The van der Waals surface area contributed by atoms with Gasteiger partial charge in [0.1, 0.15) is 5.69 Å². The lowest BCUT2D eigenvalue weighted by Crippen LogP contribution is -2.17. The molecular formula is C16H21N3OS. The van der Waals surface area contributed by atoms with Crippen LogP contribution in [0.1, 0.15) is 46.3 Å². The van der Waals surface area contributed by atoms with E-state index >= 15 is 0 Å². The standard InChI is InChI=1S/C16H21N3OS/c1-9-13(11(3)20)10(2)17-14(9)15-12(4)21-16(18-15)19-7-5-6-8-19/h17H,5-8H2,1-4H3. The zero-order chi connectivity index (χ0) is 15.1. The van der Waals surface area contributed by atoms with Crippen LogP contribution in [0.3, 0.4) is 0 Å². The number of anilines is 1. The van der Waals surface area contributed by atoms with Crippen molar-refractivity contribution in [2.75, 3.05) is 18.0 Å². The van der Waals surface area contributed by atoms with Crippen LogP contribution in [0.25, 0.3) is 11.4 Å². The number of aryl methyl sites for hydroxylation is 2. The zero-order valence-corrected chi connectivity index (χ0v) is 13.9. The molecule has 2 aromatic rings. The van der Waals surface area contributed by atoms with E-state index in [9.17, 15) is 4.79 Å². The van der Waals surface area contributed by atoms with E-state index in [1.165, 1.54) is 17.7 Å². The summed E-state index contributed by atoms with van der Waals surface area (Å²) in [5.74, 6) is 0.111. The van der Waals surface area contributed by atoms with Gasteiger partial charge in [-0.15, -0.1) is 11.3 Å². The normalized spacial score (nSPS) is 15.0. The second kappa shape index (κ2) is 5.30. The Morgan fingerprint density at radius 3 is 2.48 bits per heavy atom. The Kier molecular flexibility index (Phi) is 3.61. The van der Waals surface area contributed by atoms with Crippen molar-refractivity contribution in [1.82, 2.24) is 9.97 Å². The van der Waals surface area contributed by atoms with Gasteiger partial charge >= 0.3 is 0 Å². The van der Waals surface area contributed by atoms with Crippen molar-refractivity contribution in [3.8, 4) is 11.4 Å². The number of rotatable bonds is 3. The summed E-state index contributed by atoms with van der Waals surface area (Å²) in [6.07, 6.45) is 2.51. The number of nitrogens with zero attached hydrogens (tertiary/aromatic N) is 2. The maximum absolute atomic E-state index is 11.8. The first-order chi connectivity index (χ1) is 9.99. The Morgan fingerprint density at radius 2 is 1.90 bits per heavy atom. The first-order valence-electron chi connectivity index (χ1n) is 7.42. The fourth-order valence-electron chi connectivity index (χ4n) is 3.17. The number of nitrogens with one attached hydrogen (secondary N) is 1. The lowest BCUT2D eigenvalue weighted by atomic mass is 10.1. The number of hydrogen-bond acceptors (Lipinski definition) is 4. The van der Waals surface area contributed by atoms with E-state index in [2.05, 4.69) is 16.8 Å². The monoisotopic (exact) mass is 303 g/mol. The molecule has 0 aromatic carbocycles. The Hall–Kier alpha value is -1.62. The van der Waals surface area contributed by atoms with Gasteiger partial charge in [-0.25, -0.2) is 4.98 Å². The van der Waals surface area contributed by atoms with E-state index < -0.39 is 0 Å². The Labute approximate surface area is 129 Å². The molecule has 3 rings (SSSR count). The molecular weight excluding hydrogens is 282 g/mol. The molecule has 0 spiro atoms. The molecule has 4 nitrogen and oxygen atoms in total. The highest BCUT2D eigenvalue weighted by Crippen LogP contribution is 2.36. The van der Waals surface area contributed by atoms with E-state index in [-0.39, 0.29) is 5.78 Å². The molecule has 3 heterocycles. The molecule has 1 aliphatic heterocycles. The molecule has 2 aromatic heterocycles. The first kappa shape index (κ1) is 14.3. The van der Waals surface area contributed by atoms with Crippen LogP contribution in [0, 0.1) is 20.8 Å². The third-order valence-corrected chi connectivity index (χ3v) is 5.22. The minimum absolute atomic E-state index is 0.111. The number of carbonyl (C=O) groups is 1. The molecule has 112 valence electrons. The van der Waals surface area contributed by atoms with E-state index in [1.54, 1.807) is 18.3 Å². The number of ketones is 1. The summed E-state index contributed by atoms with van der Waals surface area (Å²) in [6, 6.07) is 0. The van der Waals surface area contributed by atoms with E-state index in [0.717, 1.165) is 46.4 Å². The van der Waals surface area contributed by atoms with E-state index in [4.69, 9.17) is 4.98 Å². The second-order valence-electron chi connectivity index (χ2n) is 5.78. The van der Waals surface area contributed by atoms with Gasteiger partial charge in [-0.05, 0) is 46.1 Å². The van der Waals surface area contributed by atoms with Gasteiger partial charge in [0.25, 0.3) is 0 Å². The van der Waals surface area contributed by atoms with E-state index in [0.29, 0.717) is 0 Å². The first-order valence-corrected chi connectivity index (χ1v) is 8.23. The quantitative estimate of drug-likeness (QED) is 0.876. The van der Waals surface area contributed by atoms with Crippen LogP contribution < -0.4 is 4.90 Å². The van der Waals surface area contributed by atoms with Crippen LogP contribution in [0.2, 0.25) is 0 Å². The zero-order valence-electron chi connectivity index (χ0n) is 13.0. The maximum Gasteiger partial charge on any atom is 0.186 e. The second-order valence-corrected chi connectivity index (χ2v) is 6.96. The molecule has 0 unspecified atom stereocenters. The summed E-state index contributed by atoms with van der Waals surface area (Å²) < 4.78 is 0. The number of hydrogen-bond donors (Lipinski definition) is 1. The maximum atomic E-state index is 11.8. The third-order valence-electron chi connectivity index (χ3n) is 4.19. The highest BCUT2D eigenvalue weighted by molar-refractivity contribution is 7.16. The molecule has 0 amide bonds. The van der Waals surface area contributed by atoms with Crippen LogP contribution in [0.15, 0.2) is 0 Å². The number of carbonyl (C=O) groups excluding carboxylic acids is 1. The molecule has 1 fully saturated rings. The summed E-state index contributed by atoms with van der Waals surface area (Å²) in [7, 11) is 0. The highest BCUT2D eigenvalue weighted by Gasteiger charge is 2.22. The van der Waals surface area contributed by atoms with E-state index in [1.807, 2.05) is 13.8 Å². The molecule has 0 radical (unpaired) electrons. The smallest absolute Gasteiger partial charge is 0.186 e. The van der Waals surface area contributed by atoms with Gasteiger partial charge in [-0.2, -0.15) is 0 Å². The topological polar surface area (TPSA) is 49.0 Å². The SMILES string of the molecule is CC(=O)c1c(C)[nH]c(-c2nc(N3CCCC3)sc2C)c1C. The van der Waals surface area contributed by atoms with Crippen LogP contribution in [0.5, 0.6) is 0 Å². The van der Waals surface area contributed by atoms with Gasteiger partial charge in [-0.1, -0.05) is 0 Å². The van der Waals surface area contributed by atoms with Gasteiger partial charge in [0, 0.05) is 29.2 Å². The highest BCUT2D eigenvalue weighted by atomic mass is 32.1. The van der Waals surface area contributed by atoms with Crippen LogP contribution in [-0.2, 0) is 0 Å². The Balaban J connectivity index is 2.05. The van der Waals surface area contributed by atoms with Crippen LogP contribution in [-0.4, -0.2) is 28.8 Å². The molecule has 1 N–H and O–H groups in total. The summed E-state index contributed by atoms with van der Waals surface area (Å²) in [6.45, 7) is 9.90.